The second-order valence-electron chi connectivity index (χ2n) is 7.52. The fourth-order valence-corrected chi connectivity index (χ4v) is 5.52. The average molecular weight is 444 g/mol. The number of pyridine rings is 1. The summed E-state index contributed by atoms with van der Waals surface area (Å²) in [5, 5.41) is 11.2. The van der Waals surface area contributed by atoms with Crippen LogP contribution in [-0.4, -0.2) is 75.3 Å². The highest BCUT2D eigenvalue weighted by molar-refractivity contribution is 7.89. The van der Waals surface area contributed by atoms with E-state index >= 15 is 0 Å². The summed E-state index contributed by atoms with van der Waals surface area (Å²) >= 11 is 0. The molecule has 11 heteroatoms. The molecule has 0 atom stereocenters. The van der Waals surface area contributed by atoms with E-state index in [9.17, 15) is 13.2 Å². The van der Waals surface area contributed by atoms with E-state index in [0.29, 0.717) is 56.4 Å². The van der Waals surface area contributed by atoms with Gasteiger partial charge in [-0.1, -0.05) is 0 Å². The summed E-state index contributed by atoms with van der Waals surface area (Å²) in [5.74, 6) is 0. The molecule has 1 N–H and O–H groups in total. The zero-order chi connectivity index (χ0) is 22.0. The predicted molar refractivity (Wildman–Crippen MR) is 115 cm³/mol. The van der Waals surface area contributed by atoms with E-state index in [1.807, 2.05) is 12.1 Å². The molecule has 1 saturated heterocycles. The van der Waals surface area contributed by atoms with Gasteiger partial charge >= 0.3 is 0 Å². The first kappa shape index (κ1) is 21.3. The van der Waals surface area contributed by atoms with Crippen molar-refractivity contribution in [1.82, 2.24) is 34.2 Å². The smallest absolute Gasteiger partial charge is 0.266 e. The Labute approximate surface area is 180 Å². The number of aromatic nitrogens is 5. The average Bonchev–Trinajstić information content (AvgIpc) is 3.13. The molecule has 0 bridgehead atoms. The number of aromatic amines is 1. The number of piperazine rings is 1. The van der Waals surface area contributed by atoms with Crippen molar-refractivity contribution in [3.8, 4) is 11.3 Å². The van der Waals surface area contributed by atoms with Crippen molar-refractivity contribution in [3.63, 3.8) is 0 Å². The van der Waals surface area contributed by atoms with E-state index < -0.39 is 10.0 Å². The molecule has 0 aliphatic carbocycles. The molecule has 1 aliphatic rings. The van der Waals surface area contributed by atoms with E-state index in [4.69, 9.17) is 0 Å². The molecule has 0 aromatic carbocycles. The van der Waals surface area contributed by atoms with Gasteiger partial charge in [-0.05, 0) is 32.0 Å². The number of rotatable bonds is 6. The number of hydrogen-bond acceptors (Lipinski definition) is 7. The Morgan fingerprint density at radius 2 is 1.71 bits per heavy atom. The van der Waals surface area contributed by atoms with Gasteiger partial charge in [0, 0.05) is 56.7 Å². The maximum atomic E-state index is 13.0. The molecule has 1 fully saturated rings. The Morgan fingerprint density at radius 1 is 1.00 bits per heavy atom. The zero-order valence-corrected chi connectivity index (χ0v) is 18.3. The van der Waals surface area contributed by atoms with Crippen LogP contribution >= 0.6 is 0 Å². The van der Waals surface area contributed by atoms with Gasteiger partial charge in [-0.15, -0.1) is 0 Å². The largest absolute Gasteiger partial charge is 0.299 e. The van der Waals surface area contributed by atoms with Crippen LogP contribution in [0.4, 0.5) is 0 Å². The van der Waals surface area contributed by atoms with Gasteiger partial charge in [0.25, 0.3) is 5.56 Å². The van der Waals surface area contributed by atoms with Crippen LogP contribution in [0.2, 0.25) is 0 Å². The Kier molecular flexibility index (Phi) is 5.99. The fourth-order valence-electron chi connectivity index (χ4n) is 3.77. The minimum absolute atomic E-state index is 0.162. The van der Waals surface area contributed by atoms with Gasteiger partial charge in [-0.25, -0.2) is 13.1 Å². The van der Waals surface area contributed by atoms with Crippen molar-refractivity contribution in [2.45, 2.75) is 25.3 Å². The number of aryl methyl sites for hydroxylation is 2. The lowest BCUT2D eigenvalue weighted by molar-refractivity contribution is 0.180. The molecule has 4 heterocycles. The van der Waals surface area contributed by atoms with Crippen molar-refractivity contribution < 1.29 is 8.42 Å². The first-order valence-electron chi connectivity index (χ1n) is 10.1. The van der Waals surface area contributed by atoms with E-state index in [0.717, 1.165) is 5.56 Å². The molecular formula is C20H25N7O3S. The quantitative estimate of drug-likeness (QED) is 0.594. The monoisotopic (exact) mass is 443 g/mol. The fraction of sp³-hybridized carbons (Fsp3) is 0.400. The summed E-state index contributed by atoms with van der Waals surface area (Å²) in [5.41, 5.74) is 2.49. The SMILES string of the molecule is Cc1n[nH]c(C)c1S(=O)(=O)N1CCN(CCn2nc(-c3ccncc3)ccc2=O)CC1. The van der Waals surface area contributed by atoms with Crippen molar-refractivity contribution in [1.29, 1.82) is 0 Å². The van der Waals surface area contributed by atoms with E-state index in [-0.39, 0.29) is 10.5 Å². The minimum Gasteiger partial charge on any atom is -0.299 e. The molecule has 1 aliphatic heterocycles. The van der Waals surface area contributed by atoms with Crippen LogP contribution < -0.4 is 5.56 Å². The number of hydrogen-bond donors (Lipinski definition) is 1. The van der Waals surface area contributed by atoms with Gasteiger partial charge in [0.2, 0.25) is 10.0 Å². The van der Waals surface area contributed by atoms with Gasteiger partial charge in [-0.3, -0.25) is 19.8 Å². The number of H-pyrrole nitrogens is 1. The summed E-state index contributed by atoms with van der Waals surface area (Å²) in [6, 6.07) is 6.92. The molecule has 0 spiro atoms. The highest BCUT2D eigenvalue weighted by atomic mass is 32.2. The van der Waals surface area contributed by atoms with Crippen LogP contribution in [0.3, 0.4) is 0 Å². The Hall–Kier alpha value is -2.89. The summed E-state index contributed by atoms with van der Waals surface area (Å²) < 4.78 is 28.9. The minimum atomic E-state index is -3.57. The molecule has 164 valence electrons. The summed E-state index contributed by atoms with van der Waals surface area (Å²) in [7, 11) is -3.57. The maximum absolute atomic E-state index is 13.0. The molecule has 3 aromatic rings. The van der Waals surface area contributed by atoms with E-state index in [2.05, 4.69) is 25.2 Å². The van der Waals surface area contributed by atoms with Crippen LogP contribution in [0.15, 0.2) is 46.3 Å². The molecular weight excluding hydrogens is 418 g/mol. The molecule has 31 heavy (non-hydrogen) atoms. The zero-order valence-electron chi connectivity index (χ0n) is 17.5. The molecule has 0 saturated carbocycles. The van der Waals surface area contributed by atoms with Crippen molar-refractivity contribution in [2.75, 3.05) is 32.7 Å². The van der Waals surface area contributed by atoms with Crippen molar-refractivity contribution >= 4 is 10.0 Å². The third-order valence-electron chi connectivity index (χ3n) is 5.46. The molecule has 4 rings (SSSR count). The number of nitrogens with one attached hydrogen (secondary N) is 1. The van der Waals surface area contributed by atoms with Gasteiger partial charge in [0.15, 0.2) is 0 Å². The highest BCUT2D eigenvalue weighted by Gasteiger charge is 2.32. The second kappa shape index (κ2) is 8.69. The normalized spacial score (nSPS) is 15.9. The summed E-state index contributed by atoms with van der Waals surface area (Å²) in [4.78, 5) is 18.6. The number of nitrogens with zero attached hydrogens (tertiary/aromatic N) is 6. The van der Waals surface area contributed by atoms with Gasteiger partial charge in [-0.2, -0.15) is 14.5 Å². The summed E-state index contributed by atoms with van der Waals surface area (Å²) in [6.45, 7) is 6.43. The topological polar surface area (TPSA) is 117 Å². The van der Waals surface area contributed by atoms with E-state index in [1.54, 1.807) is 32.3 Å². The highest BCUT2D eigenvalue weighted by Crippen LogP contribution is 2.22. The maximum Gasteiger partial charge on any atom is 0.266 e. The van der Waals surface area contributed by atoms with Gasteiger partial charge < -0.3 is 0 Å². The first-order chi connectivity index (χ1) is 14.9. The lowest BCUT2D eigenvalue weighted by Crippen LogP contribution is -2.49. The van der Waals surface area contributed by atoms with Gasteiger partial charge in [0.05, 0.1) is 23.6 Å². The molecule has 0 amide bonds. The second-order valence-corrected chi connectivity index (χ2v) is 9.40. The van der Waals surface area contributed by atoms with Crippen LogP contribution in [-0.2, 0) is 16.6 Å². The lowest BCUT2D eigenvalue weighted by Gasteiger charge is -2.33. The van der Waals surface area contributed by atoms with Crippen molar-refractivity contribution in [3.05, 3.63) is 58.4 Å². The molecule has 10 nitrogen and oxygen atoms in total. The Balaban J connectivity index is 1.39. The third kappa shape index (κ3) is 4.43. The Morgan fingerprint density at radius 3 is 2.35 bits per heavy atom. The predicted octanol–water partition coefficient (Wildman–Crippen LogP) is 0.652. The Bertz CT molecular complexity index is 1190. The van der Waals surface area contributed by atoms with Crippen molar-refractivity contribution in [2.24, 2.45) is 0 Å². The van der Waals surface area contributed by atoms with Gasteiger partial charge in [0.1, 0.15) is 4.90 Å². The first-order valence-corrected chi connectivity index (χ1v) is 11.5. The summed E-state index contributed by atoms with van der Waals surface area (Å²) in [6.07, 6.45) is 3.37. The van der Waals surface area contributed by atoms with Crippen LogP contribution in [0.5, 0.6) is 0 Å². The van der Waals surface area contributed by atoms with E-state index in [1.165, 1.54) is 15.1 Å². The molecule has 0 radical (unpaired) electrons. The van der Waals surface area contributed by atoms with Crippen LogP contribution in [0, 0.1) is 13.8 Å². The lowest BCUT2D eigenvalue weighted by atomic mass is 10.2. The molecule has 0 unspecified atom stereocenters. The van der Waals surface area contributed by atoms with Crippen LogP contribution in [0.1, 0.15) is 11.4 Å². The third-order valence-corrected chi connectivity index (χ3v) is 7.62. The number of sulfonamides is 1. The molecule has 3 aromatic heterocycles. The van der Waals surface area contributed by atoms with Crippen LogP contribution in [0.25, 0.3) is 11.3 Å². The standard InChI is InChI=1S/C20H25N7O3S/c1-15-20(16(2)23-22-15)31(29,30)26-12-9-25(10-13-26)11-14-27-19(28)4-3-18(24-27)17-5-7-21-8-6-17/h3-8H,9-14H2,1-2H3,(H,22,23).